The number of nitrogens with one attached hydrogen (secondary N) is 1. The van der Waals surface area contributed by atoms with Gasteiger partial charge in [-0.05, 0) is 12.5 Å². The summed E-state index contributed by atoms with van der Waals surface area (Å²) >= 11 is 0. The Morgan fingerprint density at radius 1 is 1.31 bits per heavy atom. The van der Waals surface area contributed by atoms with E-state index in [1.54, 1.807) is 30.5 Å². The molecule has 0 saturated heterocycles. The molecule has 3 heterocycles. The van der Waals surface area contributed by atoms with Crippen molar-refractivity contribution in [3.05, 3.63) is 37.4 Å². The molecule has 9 nitrogen and oxygen atoms in total. The van der Waals surface area contributed by atoms with Gasteiger partial charge in [-0.15, -0.1) is 0 Å². The van der Waals surface area contributed by atoms with E-state index in [1.165, 1.54) is 13.2 Å². The summed E-state index contributed by atoms with van der Waals surface area (Å²) in [6.45, 7) is 6.10. The normalized spacial score (nSPS) is 11.8. The molecule has 1 unspecified atom stereocenters. The number of methoxy groups -OCH3 is 1. The summed E-state index contributed by atoms with van der Waals surface area (Å²) in [5.41, 5.74) is 2.93. The number of hydrogen-bond donors (Lipinski definition) is 1. The fourth-order valence-electron chi connectivity index (χ4n) is 2.83. The Bertz CT molecular complexity index is 986. The highest BCUT2D eigenvalue weighted by molar-refractivity contribution is 5.90. The lowest BCUT2D eigenvalue weighted by Crippen LogP contribution is -2.30. The van der Waals surface area contributed by atoms with Gasteiger partial charge in [-0.3, -0.25) is 4.79 Å². The third kappa shape index (κ3) is 4.68. The molecule has 152 valence electrons. The Morgan fingerprint density at radius 2 is 2.07 bits per heavy atom. The number of carbonyl (C=O) groups is 1. The van der Waals surface area contributed by atoms with Crippen molar-refractivity contribution in [1.29, 1.82) is 0 Å². The molecule has 0 spiro atoms. The van der Waals surface area contributed by atoms with E-state index >= 15 is 0 Å². The average molecular weight is 396 g/mol. The molecule has 0 aliphatic carbocycles. The number of ether oxygens (including phenoxy) is 2. The maximum atomic E-state index is 11.6. The maximum absolute atomic E-state index is 11.6. The van der Waals surface area contributed by atoms with E-state index in [1.807, 2.05) is 13.1 Å². The van der Waals surface area contributed by atoms with E-state index in [0.29, 0.717) is 36.0 Å². The Morgan fingerprint density at radius 3 is 2.72 bits per heavy atom. The topological polar surface area (TPSA) is 106 Å². The zero-order valence-corrected chi connectivity index (χ0v) is 16.8. The third-order valence-corrected chi connectivity index (χ3v) is 4.56. The zero-order valence-electron chi connectivity index (χ0n) is 16.8. The van der Waals surface area contributed by atoms with Gasteiger partial charge >= 0.3 is 6.01 Å². The molecule has 0 saturated carbocycles. The van der Waals surface area contributed by atoms with Gasteiger partial charge in [0.1, 0.15) is 11.6 Å². The molecule has 3 aromatic rings. The molecule has 0 fully saturated rings. The number of aromatic nitrogens is 5. The van der Waals surface area contributed by atoms with E-state index in [2.05, 4.69) is 31.5 Å². The van der Waals surface area contributed by atoms with Crippen LogP contribution in [0.5, 0.6) is 11.9 Å². The van der Waals surface area contributed by atoms with Crippen LogP contribution in [-0.4, -0.2) is 62.5 Å². The van der Waals surface area contributed by atoms with E-state index in [-0.39, 0.29) is 12.0 Å². The first-order chi connectivity index (χ1) is 14.0. The lowest BCUT2D eigenvalue weighted by atomic mass is 10.2. The van der Waals surface area contributed by atoms with Crippen LogP contribution < -0.4 is 9.47 Å². The zero-order chi connectivity index (χ0) is 20.8. The van der Waals surface area contributed by atoms with Gasteiger partial charge < -0.3 is 19.4 Å². The standard InChI is InChI=1S/C20H24N6O3/c1-5-14(7-8-26(3)17(27)6-2)29-16-12-22-19-18(25-16)15(11-21-19)13-9-23-20(28-4)24-10-13/h6,9-12,14H,2,5,7-8H2,1,3-4H3,(H,21,22). The van der Waals surface area contributed by atoms with Gasteiger partial charge in [-0.1, -0.05) is 13.5 Å². The van der Waals surface area contributed by atoms with Gasteiger partial charge in [-0.2, -0.15) is 0 Å². The van der Waals surface area contributed by atoms with Gasteiger partial charge in [0, 0.05) is 49.7 Å². The number of rotatable bonds is 9. The summed E-state index contributed by atoms with van der Waals surface area (Å²) in [7, 11) is 3.26. The average Bonchev–Trinajstić information content (AvgIpc) is 3.19. The molecule has 0 aromatic carbocycles. The molecule has 29 heavy (non-hydrogen) atoms. The summed E-state index contributed by atoms with van der Waals surface area (Å²) in [5.74, 6) is 0.317. The van der Waals surface area contributed by atoms with Crippen molar-refractivity contribution < 1.29 is 14.3 Å². The lowest BCUT2D eigenvalue weighted by molar-refractivity contribution is -0.125. The van der Waals surface area contributed by atoms with Crippen molar-refractivity contribution in [3.63, 3.8) is 0 Å². The summed E-state index contributed by atoms with van der Waals surface area (Å²) in [6, 6.07) is 0.300. The number of likely N-dealkylation sites (N-methyl/N-ethyl adjacent to an activating group) is 1. The quantitative estimate of drug-likeness (QED) is 0.554. The first-order valence-corrected chi connectivity index (χ1v) is 9.30. The minimum Gasteiger partial charge on any atom is -0.473 e. The Balaban J connectivity index is 1.77. The molecule has 1 N–H and O–H groups in total. The van der Waals surface area contributed by atoms with E-state index in [0.717, 1.165) is 17.5 Å². The number of nitrogens with zero attached hydrogens (tertiary/aromatic N) is 5. The largest absolute Gasteiger partial charge is 0.473 e. The molecule has 0 aliphatic heterocycles. The van der Waals surface area contributed by atoms with Crippen molar-refractivity contribution in [3.8, 4) is 23.0 Å². The van der Waals surface area contributed by atoms with Crippen LogP contribution >= 0.6 is 0 Å². The lowest BCUT2D eigenvalue weighted by Gasteiger charge is -2.20. The van der Waals surface area contributed by atoms with E-state index in [9.17, 15) is 4.79 Å². The van der Waals surface area contributed by atoms with Crippen molar-refractivity contribution in [2.24, 2.45) is 0 Å². The first-order valence-electron chi connectivity index (χ1n) is 9.30. The molecule has 1 amide bonds. The van der Waals surface area contributed by atoms with Crippen molar-refractivity contribution >= 4 is 17.1 Å². The molecule has 0 radical (unpaired) electrons. The highest BCUT2D eigenvalue weighted by Gasteiger charge is 2.15. The minimum atomic E-state index is -0.111. The van der Waals surface area contributed by atoms with Crippen LogP contribution in [0.25, 0.3) is 22.3 Å². The monoisotopic (exact) mass is 396 g/mol. The van der Waals surface area contributed by atoms with Crippen LogP contribution in [0.2, 0.25) is 0 Å². The van der Waals surface area contributed by atoms with Gasteiger partial charge in [0.05, 0.1) is 13.3 Å². The molecular formula is C20H24N6O3. The highest BCUT2D eigenvalue weighted by Crippen LogP contribution is 2.27. The number of carbonyl (C=O) groups excluding carboxylic acids is 1. The molecule has 3 rings (SSSR count). The summed E-state index contributed by atoms with van der Waals surface area (Å²) in [6.07, 6.45) is 9.42. The number of fused-ring (bicyclic) bond motifs is 1. The van der Waals surface area contributed by atoms with Crippen LogP contribution in [0.4, 0.5) is 0 Å². The second kappa shape index (κ2) is 9.13. The second-order valence-electron chi connectivity index (χ2n) is 6.47. The Hall–Kier alpha value is -3.49. The second-order valence-corrected chi connectivity index (χ2v) is 6.47. The minimum absolute atomic E-state index is 0.0893. The van der Waals surface area contributed by atoms with E-state index in [4.69, 9.17) is 9.47 Å². The predicted molar refractivity (Wildman–Crippen MR) is 109 cm³/mol. The van der Waals surface area contributed by atoms with Crippen LogP contribution in [0.1, 0.15) is 19.8 Å². The molecule has 0 aliphatic rings. The van der Waals surface area contributed by atoms with Crippen LogP contribution in [0, 0.1) is 0 Å². The molecule has 1 atom stereocenters. The Labute approximate surface area is 168 Å². The number of hydrogen-bond acceptors (Lipinski definition) is 7. The summed E-state index contributed by atoms with van der Waals surface area (Å²) < 4.78 is 11.0. The summed E-state index contributed by atoms with van der Waals surface area (Å²) in [4.78, 5) is 33.6. The molecule has 9 heteroatoms. The highest BCUT2D eigenvalue weighted by atomic mass is 16.5. The van der Waals surface area contributed by atoms with Gasteiger partial charge in [0.2, 0.25) is 11.8 Å². The van der Waals surface area contributed by atoms with E-state index < -0.39 is 0 Å². The number of amides is 1. The predicted octanol–water partition coefficient (Wildman–Crippen LogP) is 2.62. The fourth-order valence-corrected chi connectivity index (χ4v) is 2.83. The maximum Gasteiger partial charge on any atom is 0.316 e. The molecular weight excluding hydrogens is 372 g/mol. The van der Waals surface area contributed by atoms with Crippen LogP contribution in [0.3, 0.4) is 0 Å². The van der Waals surface area contributed by atoms with Crippen LogP contribution in [-0.2, 0) is 4.79 Å². The van der Waals surface area contributed by atoms with Gasteiger partial charge in [0.15, 0.2) is 5.65 Å². The van der Waals surface area contributed by atoms with Gasteiger partial charge in [-0.25, -0.2) is 19.9 Å². The molecule has 3 aromatic heterocycles. The van der Waals surface area contributed by atoms with Crippen molar-refractivity contribution in [1.82, 2.24) is 29.8 Å². The van der Waals surface area contributed by atoms with Gasteiger partial charge in [0.25, 0.3) is 0 Å². The Kier molecular flexibility index (Phi) is 6.38. The smallest absolute Gasteiger partial charge is 0.316 e. The third-order valence-electron chi connectivity index (χ3n) is 4.56. The van der Waals surface area contributed by atoms with Crippen molar-refractivity contribution in [2.45, 2.75) is 25.9 Å². The first kappa shape index (κ1) is 20.2. The fraction of sp³-hybridized carbons (Fsp3) is 0.350. The van der Waals surface area contributed by atoms with Crippen molar-refractivity contribution in [2.75, 3.05) is 20.7 Å². The summed E-state index contributed by atoms with van der Waals surface area (Å²) in [5, 5.41) is 0. The van der Waals surface area contributed by atoms with Crippen LogP contribution in [0.15, 0.2) is 37.4 Å². The SMILES string of the molecule is C=CC(=O)N(C)CCC(CC)Oc1cnc2[nH]cc(-c3cnc(OC)nc3)c2n1. The number of H-pyrrole nitrogens is 1. The number of aromatic amines is 1. The molecule has 0 bridgehead atoms.